The Labute approximate surface area is 99.1 Å². The molecule has 0 heterocycles. The van der Waals surface area contributed by atoms with E-state index in [2.05, 4.69) is 6.92 Å². The van der Waals surface area contributed by atoms with Crippen LogP contribution in [-0.2, 0) is 9.53 Å². The monoisotopic (exact) mass is 230 g/mol. The van der Waals surface area contributed by atoms with Crippen molar-refractivity contribution < 1.29 is 9.53 Å². The molecule has 0 radical (unpaired) electrons. The Balaban J connectivity index is 4.31. The largest absolute Gasteiger partial charge is 0.378 e. The maximum absolute atomic E-state index is 12.0. The summed E-state index contributed by atoms with van der Waals surface area (Å²) in [5.74, 6) is 0.476. The quantitative estimate of drug-likeness (QED) is 0.716. The Bertz CT molecular complexity index is 217. The van der Waals surface area contributed by atoms with Crippen LogP contribution in [0.3, 0.4) is 0 Å². The van der Waals surface area contributed by atoms with Crippen molar-refractivity contribution in [3.8, 4) is 0 Å². The van der Waals surface area contributed by atoms with E-state index in [1.165, 1.54) is 0 Å². The number of methoxy groups -OCH3 is 1. The van der Waals surface area contributed by atoms with Gasteiger partial charge in [0.25, 0.3) is 0 Å². The van der Waals surface area contributed by atoms with Crippen LogP contribution in [-0.4, -0.2) is 43.2 Å². The van der Waals surface area contributed by atoms with Crippen molar-refractivity contribution in [3.63, 3.8) is 0 Å². The number of hydrogen-bond donors (Lipinski definition) is 1. The Morgan fingerprint density at radius 1 is 1.50 bits per heavy atom. The van der Waals surface area contributed by atoms with E-state index in [9.17, 15) is 4.79 Å². The molecule has 0 saturated heterocycles. The summed E-state index contributed by atoms with van der Waals surface area (Å²) in [5, 5.41) is 0. The zero-order valence-corrected chi connectivity index (χ0v) is 11.2. The molecular formula is C12H26N2O2. The smallest absolute Gasteiger partial charge is 0.225 e. The molecule has 0 bridgehead atoms. The molecule has 0 aliphatic heterocycles. The van der Waals surface area contributed by atoms with E-state index in [1.54, 1.807) is 7.11 Å². The molecular weight excluding hydrogens is 204 g/mol. The fourth-order valence-electron chi connectivity index (χ4n) is 1.41. The first-order valence-electron chi connectivity index (χ1n) is 5.89. The van der Waals surface area contributed by atoms with Gasteiger partial charge in [0.05, 0.1) is 12.0 Å². The second-order valence-corrected chi connectivity index (χ2v) is 4.91. The normalized spacial score (nSPS) is 13.6. The topological polar surface area (TPSA) is 55.6 Å². The third kappa shape index (κ3) is 5.47. The van der Waals surface area contributed by atoms with Gasteiger partial charge in [0.15, 0.2) is 0 Å². The van der Waals surface area contributed by atoms with Crippen LogP contribution in [0.25, 0.3) is 0 Å². The second kappa shape index (κ2) is 6.86. The molecule has 0 aliphatic carbocycles. The van der Waals surface area contributed by atoms with Gasteiger partial charge in [-0.1, -0.05) is 6.92 Å². The molecule has 0 aromatic carbocycles. The predicted octanol–water partition coefficient (Wildman–Crippen LogP) is 1.24. The highest BCUT2D eigenvalue weighted by Crippen LogP contribution is 2.15. The van der Waals surface area contributed by atoms with Gasteiger partial charge < -0.3 is 15.4 Å². The van der Waals surface area contributed by atoms with E-state index in [0.29, 0.717) is 18.9 Å². The summed E-state index contributed by atoms with van der Waals surface area (Å²) in [4.78, 5) is 13.9. The van der Waals surface area contributed by atoms with Crippen LogP contribution in [0.1, 0.15) is 34.1 Å². The number of rotatable bonds is 7. The van der Waals surface area contributed by atoms with Crippen molar-refractivity contribution in [1.82, 2.24) is 4.90 Å². The molecule has 4 nitrogen and oxygen atoms in total. The van der Waals surface area contributed by atoms with Crippen LogP contribution >= 0.6 is 0 Å². The zero-order chi connectivity index (χ0) is 12.8. The summed E-state index contributed by atoms with van der Waals surface area (Å²) in [6.45, 7) is 9.95. The van der Waals surface area contributed by atoms with Crippen molar-refractivity contribution in [2.45, 2.75) is 39.7 Å². The first-order valence-corrected chi connectivity index (χ1v) is 5.89. The molecule has 2 N–H and O–H groups in total. The summed E-state index contributed by atoms with van der Waals surface area (Å²) in [5.41, 5.74) is 5.17. The molecule has 1 unspecified atom stereocenters. The Kier molecular flexibility index (Phi) is 6.60. The minimum absolute atomic E-state index is 0.134. The summed E-state index contributed by atoms with van der Waals surface area (Å²) in [7, 11) is 1.63. The maximum Gasteiger partial charge on any atom is 0.225 e. The second-order valence-electron chi connectivity index (χ2n) is 4.91. The van der Waals surface area contributed by atoms with Crippen LogP contribution in [0.5, 0.6) is 0 Å². The number of carbonyl (C=O) groups excluding carboxylic acids is 1. The zero-order valence-electron chi connectivity index (χ0n) is 11.2. The first kappa shape index (κ1) is 15.4. The highest BCUT2D eigenvalue weighted by atomic mass is 16.5. The van der Waals surface area contributed by atoms with Crippen molar-refractivity contribution in [1.29, 1.82) is 0 Å². The summed E-state index contributed by atoms with van der Waals surface area (Å²) in [6, 6.07) is 0. The van der Waals surface area contributed by atoms with E-state index < -0.39 is 5.60 Å². The molecule has 0 aromatic rings. The minimum atomic E-state index is -0.392. The predicted molar refractivity (Wildman–Crippen MR) is 66.2 cm³/mol. The van der Waals surface area contributed by atoms with Crippen LogP contribution < -0.4 is 5.73 Å². The van der Waals surface area contributed by atoms with Crippen molar-refractivity contribution in [3.05, 3.63) is 0 Å². The Morgan fingerprint density at radius 2 is 2.06 bits per heavy atom. The molecule has 0 rings (SSSR count). The number of ether oxygens (including phenoxy) is 1. The van der Waals surface area contributed by atoms with E-state index in [0.717, 1.165) is 13.1 Å². The van der Waals surface area contributed by atoms with E-state index in [1.807, 2.05) is 25.7 Å². The average molecular weight is 230 g/mol. The van der Waals surface area contributed by atoms with Gasteiger partial charge >= 0.3 is 0 Å². The van der Waals surface area contributed by atoms with Crippen molar-refractivity contribution in [2.24, 2.45) is 11.7 Å². The molecule has 4 heteroatoms. The van der Waals surface area contributed by atoms with E-state index in [4.69, 9.17) is 10.5 Å². The molecule has 96 valence electrons. The molecule has 0 spiro atoms. The van der Waals surface area contributed by atoms with Crippen molar-refractivity contribution >= 4 is 5.91 Å². The van der Waals surface area contributed by atoms with Gasteiger partial charge in [-0.3, -0.25) is 4.79 Å². The van der Waals surface area contributed by atoms with Crippen LogP contribution in [0, 0.1) is 5.92 Å². The lowest BCUT2D eigenvalue weighted by molar-refractivity contribution is -0.136. The van der Waals surface area contributed by atoms with Gasteiger partial charge in [0.2, 0.25) is 5.91 Å². The minimum Gasteiger partial charge on any atom is -0.378 e. The Morgan fingerprint density at radius 3 is 2.44 bits per heavy atom. The molecule has 1 amide bonds. The number of hydrogen-bond acceptors (Lipinski definition) is 3. The fraction of sp³-hybridized carbons (Fsp3) is 0.917. The Hall–Kier alpha value is -0.610. The lowest BCUT2D eigenvalue weighted by Gasteiger charge is -2.29. The van der Waals surface area contributed by atoms with Gasteiger partial charge in [0.1, 0.15) is 0 Å². The summed E-state index contributed by atoms with van der Waals surface area (Å²) in [6.07, 6.45) is 0.411. The van der Waals surface area contributed by atoms with Crippen LogP contribution in [0.4, 0.5) is 0 Å². The highest BCUT2D eigenvalue weighted by Gasteiger charge is 2.24. The van der Waals surface area contributed by atoms with Gasteiger partial charge in [-0.05, 0) is 33.2 Å². The number of carbonyl (C=O) groups is 1. The van der Waals surface area contributed by atoms with Gasteiger partial charge in [-0.2, -0.15) is 0 Å². The standard InChI is InChI=1S/C12H26N2O2/c1-6-14(9-10(2)8-13)11(15)7-12(3,4)16-5/h10H,6-9,13H2,1-5H3. The number of nitrogens with two attached hydrogens (primary N) is 1. The van der Waals surface area contributed by atoms with Gasteiger partial charge in [0, 0.05) is 20.2 Å². The lowest BCUT2D eigenvalue weighted by Crippen LogP contribution is -2.40. The number of amides is 1. The molecule has 0 aliphatic rings. The fourth-order valence-corrected chi connectivity index (χ4v) is 1.41. The number of nitrogens with zero attached hydrogens (tertiary/aromatic N) is 1. The summed E-state index contributed by atoms with van der Waals surface area (Å²) < 4.78 is 5.26. The van der Waals surface area contributed by atoms with E-state index >= 15 is 0 Å². The molecule has 0 aromatic heterocycles. The van der Waals surface area contributed by atoms with E-state index in [-0.39, 0.29) is 5.91 Å². The van der Waals surface area contributed by atoms with Gasteiger partial charge in [-0.25, -0.2) is 0 Å². The molecule has 0 fully saturated rings. The lowest BCUT2D eigenvalue weighted by atomic mass is 10.0. The SMILES string of the molecule is CCN(CC(C)CN)C(=O)CC(C)(C)OC. The first-order chi connectivity index (χ1) is 7.36. The summed E-state index contributed by atoms with van der Waals surface area (Å²) >= 11 is 0. The molecule has 16 heavy (non-hydrogen) atoms. The van der Waals surface area contributed by atoms with Gasteiger partial charge in [-0.15, -0.1) is 0 Å². The third-order valence-corrected chi connectivity index (χ3v) is 2.80. The molecule has 0 saturated carbocycles. The molecule has 1 atom stereocenters. The van der Waals surface area contributed by atoms with Crippen LogP contribution in [0.15, 0.2) is 0 Å². The highest BCUT2D eigenvalue weighted by molar-refractivity contribution is 5.77. The average Bonchev–Trinajstić information content (AvgIpc) is 2.24. The van der Waals surface area contributed by atoms with Crippen LogP contribution in [0.2, 0.25) is 0 Å². The maximum atomic E-state index is 12.0. The van der Waals surface area contributed by atoms with Crippen molar-refractivity contribution in [2.75, 3.05) is 26.7 Å². The third-order valence-electron chi connectivity index (χ3n) is 2.80.